The predicted octanol–water partition coefficient (Wildman–Crippen LogP) is 1.97. The molecule has 14 heteroatoms. The van der Waals surface area contributed by atoms with Crippen LogP contribution in [-0.4, -0.2) is 65.8 Å². The summed E-state index contributed by atoms with van der Waals surface area (Å²) in [7, 11) is 2.75. The highest BCUT2D eigenvalue weighted by Gasteiger charge is 2.51. The van der Waals surface area contributed by atoms with Crippen LogP contribution in [-0.2, 0) is 29.6 Å². The molecule has 0 bridgehead atoms. The van der Waals surface area contributed by atoms with Crippen molar-refractivity contribution in [3.63, 3.8) is 0 Å². The number of carbonyl (C=O) groups excluding carboxylic acids is 1. The van der Waals surface area contributed by atoms with E-state index < -0.39 is 29.7 Å². The van der Waals surface area contributed by atoms with Gasteiger partial charge in [-0.1, -0.05) is 42.5 Å². The fraction of sp³-hybridized carbons (Fsp3) is 0.370. The number of nitrogens with one attached hydrogen (secondary N) is 1. The van der Waals surface area contributed by atoms with Crippen LogP contribution >= 0.6 is 0 Å². The Hall–Kier alpha value is -4.30. The van der Waals surface area contributed by atoms with Gasteiger partial charge in [0.05, 0.1) is 12.8 Å². The number of benzene rings is 2. The van der Waals surface area contributed by atoms with Gasteiger partial charge in [-0.25, -0.2) is 9.59 Å². The number of anilines is 3. The van der Waals surface area contributed by atoms with Crippen molar-refractivity contribution in [2.24, 2.45) is 7.05 Å². The number of ether oxygens (including phenoxy) is 1. The van der Waals surface area contributed by atoms with Crippen molar-refractivity contribution in [3.05, 3.63) is 81.0 Å². The van der Waals surface area contributed by atoms with E-state index in [9.17, 15) is 27.6 Å². The number of methoxy groups -OCH3 is 1. The van der Waals surface area contributed by atoms with Crippen molar-refractivity contribution >= 4 is 23.2 Å². The van der Waals surface area contributed by atoms with Crippen LogP contribution in [0.1, 0.15) is 5.56 Å². The van der Waals surface area contributed by atoms with Gasteiger partial charge in [0.15, 0.2) is 11.5 Å². The normalized spacial score (nSPS) is 17.4. The van der Waals surface area contributed by atoms with Gasteiger partial charge in [0, 0.05) is 39.8 Å². The second-order valence-electron chi connectivity index (χ2n) is 9.58. The molecular weight excluding hydrogens is 545 g/mol. The van der Waals surface area contributed by atoms with Crippen LogP contribution in [0.5, 0.6) is 5.75 Å². The molecule has 1 unspecified atom stereocenters. The van der Waals surface area contributed by atoms with E-state index in [1.807, 2.05) is 30.3 Å². The minimum atomic E-state index is -5.32. The highest BCUT2D eigenvalue weighted by atomic mass is 19.4. The van der Waals surface area contributed by atoms with Crippen molar-refractivity contribution in [2.45, 2.75) is 25.4 Å². The Morgan fingerprint density at radius 1 is 1.02 bits per heavy atom. The summed E-state index contributed by atoms with van der Waals surface area (Å²) in [6.07, 6.45) is -6.19. The van der Waals surface area contributed by atoms with E-state index in [1.165, 1.54) is 19.1 Å². The average Bonchev–Trinajstić information content (AvgIpc) is 3.31. The molecule has 0 saturated carbocycles. The van der Waals surface area contributed by atoms with E-state index >= 15 is 0 Å². The molecule has 2 aromatic carbocycles. The minimum Gasteiger partial charge on any atom is -0.495 e. The molecule has 0 amide bonds. The van der Waals surface area contributed by atoms with Crippen LogP contribution in [0.25, 0.3) is 0 Å². The SMILES string of the molecule is COc1ccccc1N1c2c(n(C)c(=O)n(CCc3ccccc3)c2=O)N(OC(=O)C(F)(F)F)C1N1CCNCC1. The number of alkyl halides is 3. The first kappa shape index (κ1) is 28.2. The van der Waals surface area contributed by atoms with Crippen LogP contribution in [0.2, 0.25) is 0 Å². The van der Waals surface area contributed by atoms with E-state index in [2.05, 4.69) is 5.32 Å². The highest BCUT2D eigenvalue weighted by molar-refractivity contribution is 5.84. The molecular formula is C27H29F3N6O5. The number of piperazine rings is 1. The standard InChI is InChI=1S/C27H29F3N6O5/c1-32-22-21(23(37)34(26(32)39)15-12-18-8-4-3-5-9-18)35(19-10-6-7-11-20(19)40-2)25(33-16-13-31-14-17-33)36(22)41-24(38)27(28,29)30/h3-11,25,31H,12-17H2,1-2H3. The Kier molecular flexibility index (Phi) is 7.78. The van der Waals surface area contributed by atoms with Gasteiger partial charge in [-0.15, -0.1) is 5.06 Å². The molecule has 1 saturated heterocycles. The summed E-state index contributed by atoms with van der Waals surface area (Å²) in [5, 5.41) is 3.89. The Labute approximate surface area is 232 Å². The van der Waals surface area contributed by atoms with Crippen molar-refractivity contribution < 1.29 is 27.5 Å². The number of hydroxylamine groups is 1. The number of hydrogen-bond donors (Lipinski definition) is 1. The molecule has 41 heavy (non-hydrogen) atoms. The molecule has 2 aliphatic rings. The summed E-state index contributed by atoms with van der Waals surface area (Å²) in [6.45, 7) is 1.70. The third-order valence-electron chi connectivity index (χ3n) is 7.09. The lowest BCUT2D eigenvalue weighted by Gasteiger charge is -2.41. The number of hydrogen-bond acceptors (Lipinski definition) is 9. The number of aryl methyl sites for hydroxylation is 1. The summed E-state index contributed by atoms with van der Waals surface area (Å²) >= 11 is 0. The largest absolute Gasteiger partial charge is 0.495 e. The first-order valence-corrected chi connectivity index (χ1v) is 13.0. The quantitative estimate of drug-likeness (QED) is 0.454. The zero-order valence-electron chi connectivity index (χ0n) is 22.4. The smallest absolute Gasteiger partial charge is 0.493 e. The molecule has 1 fully saturated rings. The molecule has 1 aromatic heterocycles. The maximum Gasteiger partial charge on any atom is 0.493 e. The van der Waals surface area contributed by atoms with Gasteiger partial charge < -0.3 is 14.9 Å². The van der Waals surface area contributed by atoms with Gasteiger partial charge in [0.25, 0.3) is 5.56 Å². The summed E-state index contributed by atoms with van der Waals surface area (Å²) in [5.74, 6) is -2.43. The molecule has 3 aromatic rings. The van der Waals surface area contributed by atoms with Gasteiger partial charge in [0.2, 0.25) is 6.29 Å². The maximum atomic E-state index is 14.1. The van der Waals surface area contributed by atoms with Gasteiger partial charge >= 0.3 is 17.8 Å². The summed E-state index contributed by atoms with van der Waals surface area (Å²) in [4.78, 5) is 48.1. The lowest BCUT2D eigenvalue weighted by Crippen LogP contribution is -2.60. The van der Waals surface area contributed by atoms with Gasteiger partial charge in [-0.2, -0.15) is 13.2 Å². The van der Waals surface area contributed by atoms with Crippen LogP contribution in [0, 0.1) is 0 Å². The van der Waals surface area contributed by atoms with Gasteiger partial charge in [-0.05, 0) is 24.1 Å². The maximum absolute atomic E-state index is 14.1. The molecule has 1 N–H and O–H groups in total. The van der Waals surface area contributed by atoms with Crippen molar-refractivity contribution in [1.82, 2.24) is 19.4 Å². The van der Waals surface area contributed by atoms with Crippen molar-refractivity contribution in [2.75, 3.05) is 43.3 Å². The van der Waals surface area contributed by atoms with E-state index in [1.54, 1.807) is 29.2 Å². The lowest BCUT2D eigenvalue weighted by molar-refractivity contribution is -0.203. The van der Waals surface area contributed by atoms with Crippen molar-refractivity contribution in [3.8, 4) is 5.75 Å². The molecule has 0 spiro atoms. The fourth-order valence-electron chi connectivity index (χ4n) is 5.15. The first-order chi connectivity index (χ1) is 19.6. The number of carbonyl (C=O) groups is 1. The zero-order valence-corrected chi connectivity index (χ0v) is 22.4. The molecule has 3 heterocycles. The second-order valence-corrected chi connectivity index (χ2v) is 9.58. The molecule has 0 aliphatic carbocycles. The first-order valence-electron chi connectivity index (χ1n) is 13.0. The van der Waals surface area contributed by atoms with Crippen LogP contribution in [0.3, 0.4) is 0 Å². The number of rotatable bonds is 7. The Bertz CT molecular complexity index is 1540. The van der Waals surface area contributed by atoms with Gasteiger partial charge in [-0.3, -0.25) is 23.7 Å². The van der Waals surface area contributed by atoms with E-state index in [4.69, 9.17) is 9.57 Å². The predicted molar refractivity (Wildman–Crippen MR) is 144 cm³/mol. The van der Waals surface area contributed by atoms with Crippen LogP contribution < -0.4 is 31.3 Å². The topological polar surface area (TPSA) is 101 Å². The summed E-state index contributed by atoms with van der Waals surface area (Å²) in [5.41, 5.74) is -0.392. The molecule has 218 valence electrons. The molecule has 11 nitrogen and oxygen atoms in total. The zero-order chi connectivity index (χ0) is 29.3. The number of para-hydroxylation sites is 2. The lowest BCUT2D eigenvalue weighted by atomic mass is 10.1. The van der Waals surface area contributed by atoms with Crippen LogP contribution in [0.4, 0.5) is 30.4 Å². The van der Waals surface area contributed by atoms with Crippen LogP contribution in [0.15, 0.2) is 64.2 Å². The third kappa shape index (κ3) is 5.27. The minimum absolute atomic E-state index is 0.0171. The Morgan fingerprint density at radius 3 is 2.34 bits per heavy atom. The van der Waals surface area contributed by atoms with E-state index in [0.717, 1.165) is 14.7 Å². The monoisotopic (exact) mass is 574 g/mol. The Balaban J connectivity index is 1.74. The second kappa shape index (κ2) is 11.3. The van der Waals surface area contributed by atoms with E-state index in [-0.39, 0.29) is 18.1 Å². The average molecular weight is 575 g/mol. The molecule has 5 rings (SSSR count). The highest BCUT2D eigenvalue weighted by Crippen LogP contribution is 2.45. The molecule has 2 aliphatic heterocycles. The Morgan fingerprint density at radius 2 is 1.68 bits per heavy atom. The molecule has 1 atom stereocenters. The molecule has 0 radical (unpaired) electrons. The third-order valence-corrected chi connectivity index (χ3v) is 7.09. The number of nitrogens with zero attached hydrogens (tertiary/aromatic N) is 5. The summed E-state index contributed by atoms with van der Waals surface area (Å²) < 4.78 is 48.1. The van der Waals surface area contributed by atoms with Crippen molar-refractivity contribution in [1.29, 1.82) is 0 Å². The van der Waals surface area contributed by atoms with E-state index in [0.29, 0.717) is 49.1 Å². The fourth-order valence-corrected chi connectivity index (χ4v) is 5.15. The van der Waals surface area contributed by atoms with Gasteiger partial charge in [0.1, 0.15) is 5.75 Å². The number of aromatic nitrogens is 2. The summed E-state index contributed by atoms with van der Waals surface area (Å²) in [6, 6.07) is 15.9. The number of halogens is 3. The number of fused-ring (bicyclic) bond motifs is 1.